The van der Waals surface area contributed by atoms with Crippen molar-refractivity contribution in [2.45, 2.75) is 51.4 Å². The predicted octanol–water partition coefficient (Wildman–Crippen LogP) is 2.74. The molecule has 2 aliphatic rings. The molecule has 0 radical (unpaired) electrons. The largest absolute Gasteiger partial charge is 0.467 e. The summed E-state index contributed by atoms with van der Waals surface area (Å²) in [7, 11) is 0. The molecular weight excluding hydrogens is 386 g/mol. The first-order valence-electron chi connectivity index (χ1n) is 10.1. The van der Waals surface area contributed by atoms with E-state index < -0.39 is 5.60 Å². The molecule has 1 fully saturated rings. The maximum atomic E-state index is 12.2. The van der Waals surface area contributed by atoms with Crippen molar-refractivity contribution in [3.8, 4) is 23.4 Å². The number of rotatable bonds is 6. The van der Waals surface area contributed by atoms with Crippen molar-refractivity contribution in [1.29, 1.82) is 5.26 Å². The second-order valence-electron chi connectivity index (χ2n) is 8.14. The number of furan rings is 1. The van der Waals surface area contributed by atoms with Crippen LogP contribution in [0.15, 0.2) is 22.8 Å². The van der Waals surface area contributed by atoms with Crippen molar-refractivity contribution < 1.29 is 23.4 Å². The number of nitrogens with one attached hydrogen (secondary N) is 1. The van der Waals surface area contributed by atoms with E-state index in [1.165, 1.54) is 0 Å². The summed E-state index contributed by atoms with van der Waals surface area (Å²) in [5.74, 6) is 0.413. The van der Waals surface area contributed by atoms with Gasteiger partial charge in [-0.3, -0.25) is 4.79 Å². The van der Waals surface area contributed by atoms with Gasteiger partial charge in [0.15, 0.2) is 12.4 Å². The first kappa shape index (κ1) is 20.4. The van der Waals surface area contributed by atoms with Gasteiger partial charge in [0.2, 0.25) is 5.88 Å². The third-order valence-corrected chi connectivity index (χ3v) is 5.35. The Morgan fingerprint density at radius 2 is 2.30 bits per heavy atom. The number of nitriles is 1. The van der Waals surface area contributed by atoms with Crippen molar-refractivity contribution in [2.75, 3.05) is 19.8 Å². The van der Waals surface area contributed by atoms with E-state index in [9.17, 15) is 10.1 Å². The van der Waals surface area contributed by atoms with E-state index in [4.69, 9.17) is 18.6 Å². The van der Waals surface area contributed by atoms with Crippen LogP contribution in [0.4, 0.5) is 0 Å². The Bertz CT molecular complexity index is 956. The average Bonchev–Trinajstić information content (AvgIpc) is 3.43. The van der Waals surface area contributed by atoms with E-state index in [2.05, 4.69) is 16.4 Å². The minimum absolute atomic E-state index is 0.0540. The van der Waals surface area contributed by atoms with Crippen LogP contribution in [0.2, 0.25) is 0 Å². The quantitative estimate of drug-likeness (QED) is 0.779. The number of carbonyl (C=O) groups excluding carboxylic acids is 1. The van der Waals surface area contributed by atoms with Crippen molar-refractivity contribution in [2.24, 2.45) is 0 Å². The number of aromatic nitrogens is 1. The SMILES string of the molecule is CC1(C)Cc2c(C#N)c(OCC(=O)NC[C@H]3CCCO3)nc(-c3ccco3)c2CO1. The van der Waals surface area contributed by atoms with Crippen LogP contribution in [0.5, 0.6) is 5.88 Å². The van der Waals surface area contributed by atoms with Crippen LogP contribution in [-0.4, -0.2) is 42.4 Å². The number of hydrogen-bond donors (Lipinski definition) is 1. The fourth-order valence-electron chi connectivity index (χ4n) is 3.80. The third-order valence-electron chi connectivity index (χ3n) is 5.35. The molecule has 1 N–H and O–H groups in total. The van der Waals surface area contributed by atoms with Gasteiger partial charge in [-0.1, -0.05) is 0 Å². The number of hydrogen-bond acceptors (Lipinski definition) is 7. The lowest BCUT2D eigenvalue weighted by Crippen LogP contribution is -2.35. The van der Waals surface area contributed by atoms with Gasteiger partial charge in [0.05, 0.1) is 24.6 Å². The highest BCUT2D eigenvalue weighted by Crippen LogP contribution is 2.38. The molecule has 4 heterocycles. The fraction of sp³-hybridized carbons (Fsp3) is 0.500. The zero-order chi connectivity index (χ0) is 21.1. The predicted molar refractivity (Wildman–Crippen MR) is 107 cm³/mol. The Hall–Kier alpha value is -2.89. The summed E-state index contributed by atoms with van der Waals surface area (Å²) in [6.45, 7) is 5.23. The number of fused-ring (bicyclic) bond motifs is 1. The Morgan fingerprint density at radius 1 is 1.43 bits per heavy atom. The highest BCUT2D eigenvalue weighted by atomic mass is 16.5. The molecule has 0 bridgehead atoms. The van der Waals surface area contributed by atoms with Gasteiger partial charge >= 0.3 is 0 Å². The first-order valence-corrected chi connectivity index (χ1v) is 10.1. The monoisotopic (exact) mass is 411 g/mol. The number of carbonyl (C=O) groups is 1. The summed E-state index contributed by atoms with van der Waals surface area (Å²) in [5.41, 5.74) is 2.12. The summed E-state index contributed by atoms with van der Waals surface area (Å²) >= 11 is 0. The molecule has 0 spiro atoms. The molecule has 2 aromatic heterocycles. The molecule has 1 saturated heterocycles. The number of pyridine rings is 1. The molecule has 2 aromatic rings. The number of amides is 1. The van der Waals surface area contributed by atoms with Gasteiger partial charge in [-0.05, 0) is 44.4 Å². The molecule has 8 nitrogen and oxygen atoms in total. The van der Waals surface area contributed by atoms with Crippen molar-refractivity contribution in [3.63, 3.8) is 0 Å². The molecule has 1 atom stereocenters. The highest BCUT2D eigenvalue weighted by Gasteiger charge is 2.33. The van der Waals surface area contributed by atoms with Crippen LogP contribution in [0.25, 0.3) is 11.5 Å². The van der Waals surface area contributed by atoms with E-state index >= 15 is 0 Å². The third kappa shape index (κ3) is 4.32. The molecule has 158 valence electrons. The minimum atomic E-state index is -0.420. The van der Waals surface area contributed by atoms with Gasteiger partial charge in [0.1, 0.15) is 17.3 Å². The van der Waals surface area contributed by atoms with Crippen LogP contribution in [0.3, 0.4) is 0 Å². The normalized spacial score (nSPS) is 19.7. The van der Waals surface area contributed by atoms with Gasteiger partial charge in [-0.25, -0.2) is 4.98 Å². The molecule has 0 aliphatic carbocycles. The van der Waals surface area contributed by atoms with Gasteiger partial charge in [-0.15, -0.1) is 0 Å². The Morgan fingerprint density at radius 3 is 3.00 bits per heavy atom. The summed E-state index contributed by atoms with van der Waals surface area (Å²) in [6, 6.07) is 5.78. The molecule has 1 amide bonds. The van der Waals surface area contributed by atoms with Crippen LogP contribution in [-0.2, 0) is 27.3 Å². The van der Waals surface area contributed by atoms with Crippen LogP contribution >= 0.6 is 0 Å². The maximum absolute atomic E-state index is 12.2. The smallest absolute Gasteiger partial charge is 0.258 e. The molecule has 8 heteroatoms. The number of ether oxygens (including phenoxy) is 3. The maximum Gasteiger partial charge on any atom is 0.258 e. The fourth-order valence-corrected chi connectivity index (χ4v) is 3.80. The summed E-state index contributed by atoms with van der Waals surface area (Å²) in [4.78, 5) is 16.8. The Balaban J connectivity index is 1.58. The molecular formula is C22H25N3O5. The zero-order valence-electron chi connectivity index (χ0n) is 17.2. The zero-order valence-corrected chi connectivity index (χ0v) is 17.2. The standard InChI is InChI=1S/C22H25N3O5/c1-22(2)9-15-16(10-23)21(29-13-19(26)24-11-14-5-3-7-27-14)25-20(17(15)12-30-22)18-6-4-8-28-18/h4,6,8,14H,3,5,7,9,11-13H2,1-2H3,(H,24,26)/t14-/m1/s1. The summed E-state index contributed by atoms with van der Waals surface area (Å²) in [6.07, 6.45) is 4.10. The number of nitrogens with zero attached hydrogens (tertiary/aromatic N) is 2. The van der Waals surface area contributed by atoms with Gasteiger partial charge in [0, 0.05) is 25.1 Å². The van der Waals surface area contributed by atoms with E-state index in [-0.39, 0.29) is 24.5 Å². The topological polar surface area (TPSA) is 107 Å². The Labute approximate surface area is 175 Å². The van der Waals surface area contributed by atoms with Crippen LogP contribution in [0, 0.1) is 11.3 Å². The van der Waals surface area contributed by atoms with Gasteiger partial charge in [-0.2, -0.15) is 5.26 Å². The van der Waals surface area contributed by atoms with E-state index in [1.807, 2.05) is 13.8 Å². The van der Waals surface area contributed by atoms with Crippen molar-refractivity contribution >= 4 is 5.91 Å². The lowest BCUT2D eigenvalue weighted by atomic mass is 9.88. The van der Waals surface area contributed by atoms with Gasteiger partial charge < -0.3 is 23.9 Å². The van der Waals surface area contributed by atoms with E-state index in [0.717, 1.165) is 30.6 Å². The minimum Gasteiger partial charge on any atom is -0.467 e. The summed E-state index contributed by atoms with van der Waals surface area (Å²) < 4.78 is 22.7. The van der Waals surface area contributed by atoms with Crippen LogP contribution < -0.4 is 10.1 Å². The lowest BCUT2D eigenvalue weighted by molar-refractivity contribution is -0.123. The van der Waals surface area contributed by atoms with Crippen molar-refractivity contribution in [3.05, 3.63) is 35.1 Å². The average molecular weight is 411 g/mol. The van der Waals surface area contributed by atoms with Gasteiger partial charge in [0.25, 0.3) is 5.91 Å². The molecule has 0 aromatic carbocycles. The highest BCUT2D eigenvalue weighted by molar-refractivity contribution is 5.77. The molecule has 0 unspecified atom stereocenters. The second kappa shape index (κ2) is 8.46. The van der Waals surface area contributed by atoms with Crippen LogP contribution in [0.1, 0.15) is 43.4 Å². The molecule has 0 saturated carbocycles. The Kier molecular flexibility index (Phi) is 5.75. The summed E-state index contributed by atoms with van der Waals surface area (Å²) in [5, 5.41) is 12.6. The second-order valence-corrected chi connectivity index (χ2v) is 8.14. The molecule has 2 aliphatic heterocycles. The first-order chi connectivity index (χ1) is 14.5. The van der Waals surface area contributed by atoms with E-state index in [1.54, 1.807) is 18.4 Å². The van der Waals surface area contributed by atoms with Crippen molar-refractivity contribution in [1.82, 2.24) is 10.3 Å². The van der Waals surface area contributed by atoms with E-state index in [0.29, 0.717) is 36.6 Å². The molecule has 4 rings (SSSR count). The molecule has 30 heavy (non-hydrogen) atoms. The lowest BCUT2D eigenvalue weighted by Gasteiger charge is -2.33.